The second kappa shape index (κ2) is 11.2. The van der Waals surface area contributed by atoms with Gasteiger partial charge in [-0.05, 0) is 0 Å². The first-order valence-electron chi connectivity index (χ1n) is 3.09. The van der Waals surface area contributed by atoms with Crippen LogP contribution >= 0.6 is 49.7 Å². The molecule has 7 heteroatoms. The molecule has 0 fully saturated rings. The zero-order valence-corrected chi connectivity index (χ0v) is 14.7. The largest absolute Gasteiger partial charge is 0.364 e. The first-order chi connectivity index (χ1) is 5.29. The standard InChI is InChI=1S/2C3H7NS2.Zn/c2*1-4(2)3(5)6;/h2*1-2H3,(H,5,6);. The zero-order valence-electron chi connectivity index (χ0n) is 8.31. The van der Waals surface area contributed by atoms with Gasteiger partial charge in [-0.2, -0.15) is 0 Å². The second-order valence-corrected chi connectivity index (χ2v) is 4.58. The quantitative estimate of drug-likeness (QED) is 0.398. The first-order valence-corrected chi connectivity index (χ1v) is 4.80. The molecule has 0 atom stereocenters. The van der Waals surface area contributed by atoms with E-state index in [1.54, 1.807) is 9.80 Å². The topological polar surface area (TPSA) is 6.48 Å². The summed E-state index contributed by atoms with van der Waals surface area (Å²) < 4.78 is 1.24. The average Bonchev–Trinajstić information content (AvgIpc) is 1.88. The summed E-state index contributed by atoms with van der Waals surface area (Å²) in [5, 5.41) is 0. The number of hydrogen-bond acceptors (Lipinski definition) is 2. The van der Waals surface area contributed by atoms with Crippen molar-refractivity contribution >= 4 is 58.3 Å². The molecule has 0 N–H and O–H groups in total. The molecule has 0 amide bonds. The molecule has 13 heavy (non-hydrogen) atoms. The molecule has 0 saturated carbocycles. The van der Waals surface area contributed by atoms with Crippen molar-refractivity contribution in [3.63, 3.8) is 0 Å². The van der Waals surface area contributed by atoms with Crippen molar-refractivity contribution in [1.82, 2.24) is 9.80 Å². The minimum atomic E-state index is 0. The molecule has 0 bridgehead atoms. The van der Waals surface area contributed by atoms with Crippen molar-refractivity contribution in [2.75, 3.05) is 28.2 Å². The van der Waals surface area contributed by atoms with E-state index in [0.717, 1.165) is 0 Å². The first kappa shape index (κ1) is 19.6. The van der Waals surface area contributed by atoms with Gasteiger partial charge >= 0.3 is 0 Å². The summed E-state index contributed by atoms with van der Waals surface area (Å²) in [5.41, 5.74) is 0. The molecule has 0 spiro atoms. The fourth-order valence-corrected chi connectivity index (χ4v) is 0. The molecule has 0 saturated heterocycles. The Bertz CT molecular complexity index is 143. The number of thiocarbonyl (C=S) groups is 2. The predicted molar refractivity (Wildman–Crippen MR) is 70.5 cm³/mol. The molecule has 0 rings (SSSR count). The van der Waals surface area contributed by atoms with Gasteiger partial charge in [0.05, 0.1) is 0 Å². The molecule has 0 aromatic heterocycles. The maximum absolute atomic E-state index is 4.61. The van der Waals surface area contributed by atoms with E-state index in [0.29, 0.717) is 8.64 Å². The summed E-state index contributed by atoms with van der Waals surface area (Å²) >= 11 is 16.9. The van der Waals surface area contributed by atoms with Crippen LogP contribution in [0.25, 0.3) is 0 Å². The van der Waals surface area contributed by atoms with Gasteiger partial charge in [0, 0.05) is 47.7 Å². The van der Waals surface area contributed by atoms with E-state index in [-0.39, 0.29) is 19.5 Å². The maximum atomic E-state index is 4.61. The summed E-state index contributed by atoms with van der Waals surface area (Å²) in [6, 6.07) is 0. The van der Waals surface area contributed by atoms with Gasteiger partial charge in [-0.1, -0.05) is 24.4 Å². The Labute approximate surface area is 115 Å². The van der Waals surface area contributed by atoms with Gasteiger partial charge in [-0.25, -0.2) is 0 Å². The predicted octanol–water partition coefficient (Wildman–Crippen LogP) is 1.52. The second-order valence-electron chi connectivity index (χ2n) is 2.35. The van der Waals surface area contributed by atoms with E-state index in [1.807, 2.05) is 28.2 Å². The Balaban J connectivity index is -0.000000143. The molecule has 0 aliphatic carbocycles. The monoisotopic (exact) mass is 306 g/mol. The number of hydrogen-bond donors (Lipinski definition) is 2. The molecular formula is C6H14N2S4Zn. The number of rotatable bonds is 0. The van der Waals surface area contributed by atoms with E-state index < -0.39 is 0 Å². The number of nitrogens with zero attached hydrogens (tertiary/aromatic N) is 2. The molecule has 74 valence electrons. The average molecular weight is 308 g/mol. The van der Waals surface area contributed by atoms with Crippen LogP contribution in [0.5, 0.6) is 0 Å². The van der Waals surface area contributed by atoms with Crippen molar-refractivity contribution in [3.05, 3.63) is 0 Å². The third kappa shape index (κ3) is 19.5. The van der Waals surface area contributed by atoms with Gasteiger partial charge in [-0.3, -0.25) is 0 Å². The van der Waals surface area contributed by atoms with Crippen LogP contribution in [-0.2, 0) is 19.5 Å². The van der Waals surface area contributed by atoms with Crippen LogP contribution in [-0.4, -0.2) is 46.6 Å². The fourth-order valence-electron chi connectivity index (χ4n) is 0. The van der Waals surface area contributed by atoms with Gasteiger partial charge in [0.1, 0.15) is 8.64 Å². The Morgan fingerprint density at radius 1 is 0.846 bits per heavy atom. The summed E-state index contributed by atoms with van der Waals surface area (Å²) in [6.45, 7) is 0. The van der Waals surface area contributed by atoms with Crippen molar-refractivity contribution in [2.24, 2.45) is 0 Å². The minimum absolute atomic E-state index is 0. The molecule has 0 unspecified atom stereocenters. The molecule has 0 aliphatic rings. The van der Waals surface area contributed by atoms with Gasteiger partial charge in [0.2, 0.25) is 0 Å². The van der Waals surface area contributed by atoms with E-state index in [2.05, 4.69) is 49.7 Å². The number of thiol groups is 2. The molecule has 0 heterocycles. The smallest absolute Gasteiger partial charge is 0.132 e. The van der Waals surface area contributed by atoms with Gasteiger partial charge in [0.25, 0.3) is 0 Å². The van der Waals surface area contributed by atoms with Crippen LogP contribution < -0.4 is 0 Å². The normalized spacial score (nSPS) is 7.23. The summed E-state index contributed by atoms with van der Waals surface area (Å²) in [7, 11) is 7.43. The third-order valence-electron chi connectivity index (χ3n) is 0.765. The Hall–Kier alpha value is 1.10. The van der Waals surface area contributed by atoms with Crippen molar-refractivity contribution < 1.29 is 19.5 Å². The summed E-state index contributed by atoms with van der Waals surface area (Å²) in [6.07, 6.45) is 0. The zero-order chi connectivity index (χ0) is 10.3. The van der Waals surface area contributed by atoms with Crippen molar-refractivity contribution in [2.45, 2.75) is 0 Å². The van der Waals surface area contributed by atoms with Crippen LogP contribution in [0, 0.1) is 0 Å². The Morgan fingerprint density at radius 2 is 0.923 bits per heavy atom. The SMILES string of the molecule is CN(C)C(=S)S.CN(C)C(=S)S.[Zn]. The molecule has 0 aromatic carbocycles. The molecular weight excluding hydrogens is 294 g/mol. The maximum Gasteiger partial charge on any atom is 0.132 e. The van der Waals surface area contributed by atoms with Crippen LogP contribution in [0.1, 0.15) is 0 Å². The van der Waals surface area contributed by atoms with Crippen LogP contribution in [0.3, 0.4) is 0 Å². The van der Waals surface area contributed by atoms with Crippen LogP contribution in [0.2, 0.25) is 0 Å². The molecule has 2 nitrogen and oxygen atoms in total. The summed E-state index contributed by atoms with van der Waals surface area (Å²) in [5.74, 6) is 0. The van der Waals surface area contributed by atoms with Gasteiger partial charge < -0.3 is 9.80 Å². The van der Waals surface area contributed by atoms with Crippen molar-refractivity contribution in [3.8, 4) is 0 Å². The van der Waals surface area contributed by atoms with E-state index in [9.17, 15) is 0 Å². The van der Waals surface area contributed by atoms with E-state index in [4.69, 9.17) is 0 Å². The van der Waals surface area contributed by atoms with Crippen LogP contribution in [0.15, 0.2) is 0 Å². The molecule has 0 aromatic rings. The van der Waals surface area contributed by atoms with Gasteiger partial charge in [0.15, 0.2) is 0 Å². The molecule has 0 aliphatic heterocycles. The van der Waals surface area contributed by atoms with E-state index in [1.165, 1.54) is 0 Å². The van der Waals surface area contributed by atoms with Crippen molar-refractivity contribution in [1.29, 1.82) is 0 Å². The third-order valence-corrected chi connectivity index (χ3v) is 2.30. The minimum Gasteiger partial charge on any atom is -0.364 e. The van der Waals surface area contributed by atoms with Crippen LogP contribution in [0.4, 0.5) is 0 Å². The Morgan fingerprint density at radius 3 is 0.923 bits per heavy atom. The van der Waals surface area contributed by atoms with E-state index >= 15 is 0 Å². The molecule has 0 radical (unpaired) electrons. The summed E-state index contributed by atoms with van der Waals surface area (Å²) in [4.78, 5) is 3.52. The fraction of sp³-hybridized carbons (Fsp3) is 0.667. The van der Waals surface area contributed by atoms with Gasteiger partial charge in [-0.15, -0.1) is 25.3 Å². The Kier molecular flexibility index (Phi) is 16.9.